The van der Waals surface area contributed by atoms with Crippen molar-refractivity contribution in [3.63, 3.8) is 0 Å². The molecule has 3 N–H and O–H groups in total. The zero-order valence-electron chi connectivity index (χ0n) is 28.3. The monoisotopic (exact) mass is 766 g/mol. The number of sulfone groups is 1. The van der Waals surface area contributed by atoms with Crippen LogP contribution in [0.2, 0.25) is 5.15 Å². The quantitative estimate of drug-likeness (QED) is 0.114. The largest absolute Gasteiger partial charge is 0.438 e. The van der Waals surface area contributed by atoms with Crippen LogP contribution in [0.5, 0.6) is 0 Å². The van der Waals surface area contributed by atoms with Gasteiger partial charge < -0.3 is 34.3 Å². The van der Waals surface area contributed by atoms with Gasteiger partial charge in [0.1, 0.15) is 41.8 Å². The number of alkyl halides is 1. The molecule has 1 aliphatic heterocycles. The molecule has 1 saturated carbocycles. The zero-order chi connectivity index (χ0) is 37.4. The Morgan fingerprint density at radius 1 is 1.12 bits per heavy atom. The van der Waals surface area contributed by atoms with E-state index < -0.39 is 95.7 Å². The summed E-state index contributed by atoms with van der Waals surface area (Å²) in [5, 5.41) is 34.8. The summed E-state index contributed by atoms with van der Waals surface area (Å²) in [6.45, 7) is 7.40. The molecule has 4 rings (SSSR count). The standard InChI is InChI=1S/C30H41ClFN4O12PS/c1-29(2,3)27(39)44-13-46-49(41,47-14-45-28(40)30(4,5)6)15-50(42,43)12-20-22(37)23(38)26(48-20)36-8-7-18-21(34-17-9-16(32)10-17)19(11-33)24(31)35-25(18)36/h7-8,16-17,20,22-23,26,37-38H,9-10,12-15H2,1-6H3,(H,34,35)/t16?,17?,20-,22-,23-,26-/m1/s1. The molecular weight excluding hydrogens is 726 g/mol. The van der Waals surface area contributed by atoms with E-state index in [4.69, 9.17) is 34.9 Å². The van der Waals surface area contributed by atoms with Gasteiger partial charge >= 0.3 is 19.5 Å². The fourth-order valence-electron chi connectivity index (χ4n) is 4.97. The second-order valence-electron chi connectivity index (χ2n) is 14.2. The fraction of sp³-hybridized carbons (Fsp3) is 0.667. The van der Waals surface area contributed by atoms with Crippen LogP contribution in [0.1, 0.15) is 66.2 Å². The van der Waals surface area contributed by atoms with Crippen LogP contribution >= 0.6 is 19.2 Å². The first-order valence-corrected chi connectivity index (χ1v) is 19.4. The van der Waals surface area contributed by atoms with Crippen LogP contribution in [-0.4, -0.2) is 95.5 Å². The summed E-state index contributed by atoms with van der Waals surface area (Å²) in [7, 11) is -9.23. The van der Waals surface area contributed by atoms with Crippen LogP contribution < -0.4 is 5.32 Å². The maximum Gasteiger partial charge on any atom is 0.351 e. The van der Waals surface area contributed by atoms with Crippen molar-refractivity contribution in [2.45, 2.75) is 91.1 Å². The van der Waals surface area contributed by atoms with E-state index in [2.05, 4.69) is 10.3 Å². The predicted octanol–water partition coefficient (Wildman–Crippen LogP) is 3.79. The lowest BCUT2D eigenvalue weighted by Crippen LogP contribution is -2.36. The Morgan fingerprint density at radius 3 is 2.18 bits per heavy atom. The molecular formula is C30H41ClFN4O12PS. The van der Waals surface area contributed by atoms with Crippen molar-refractivity contribution >= 4 is 57.7 Å². The molecule has 20 heteroatoms. The van der Waals surface area contributed by atoms with Crippen LogP contribution in [-0.2, 0) is 47.2 Å². The minimum Gasteiger partial charge on any atom is -0.438 e. The summed E-state index contributed by atoms with van der Waals surface area (Å²) >= 11 is 6.31. The first kappa shape index (κ1) is 39.9. The first-order valence-electron chi connectivity index (χ1n) is 15.5. The van der Waals surface area contributed by atoms with Gasteiger partial charge in [0.05, 0.1) is 22.3 Å². The Kier molecular flexibility index (Phi) is 12.0. The van der Waals surface area contributed by atoms with E-state index in [9.17, 15) is 42.4 Å². The number of pyridine rings is 1. The Morgan fingerprint density at radius 2 is 1.68 bits per heavy atom. The van der Waals surface area contributed by atoms with Crippen molar-refractivity contribution in [3.05, 3.63) is 23.0 Å². The maximum absolute atomic E-state index is 13.6. The van der Waals surface area contributed by atoms with Crippen molar-refractivity contribution < 1.29 is 60.4 Å². The third kappa shape index (κ3) is 9.31. The number of nitrogens with one attached hydrogen (secondary N) is 1. The van der Waals surface area contributed by atoms with Gasteiger partial charge in [0.15, 0.2) is 26.7 Å². The first-order chi connectivity index (χ1) is 23.0. The molecule has 0 unspecified atom stereocenters. The Hall–Kier alpha value is -2.88. The van der Waals surface area contributed by atoms with Crippen molar-refractivity contribution in [2.24, 2.45) is 10.8 Å². The molecule has 2 fully saturated rings. The van der Waals surface area contributed by atoms with Crippen LogP contribution in [0.25, 0.3) is 11.0 Å². The summed E-state index contributed by atoms with van der Waals surface area (Å²) in [6, 6.07) is 3.26. The molecule has 0 bridgehead atoms. The number of nitriles is 1. The van der Waals surface area contributed by atoms with E-state index >= 15 is 0 Å². The summed E-state index contributed by atoms with van der Waals surface area (Å²) < 4.78 is 81.1. The number of nitrogens with zero attached hydrogens (tertiary/aromatic N) is 3. The lowest BCUT2D eigenvalue weighted by molar-refractivity contribution is -0.161. The molecule has 0 amide bonds. The number of hydrogen-bond donors (Lipinski definition) is 3. The van der Waals surface area contributed by atoms with Crippen LogP contribution in [0.15, 0.2) is 12.3 Å². The molecule has 0 spiro atoms. The van der Waals surface area contributed by atoms with E-state index in [0.29, 0.717) is 11.1 Å². The van der Waals surface area contributed by atoms with Crippen LogP contribution in [0, 0.1) is 22.2 Å². The highest BCUT2D eigenvalue weighted by atomic mass is 35.5. The normalized spacial score (nSPS) is 24.4. The minimum atomic E-state index is -4.71. The number of aliphatic hydroxyl groups excluding tert-OH is 2. The molecule has 2 aliphatic rings. The minimum absolute atomic E-state index is 0.0198. The lowest BCUT2D eigenvalue weighted by atomic mass is 9.90. The summed E-state index contributed by atoms with van der Waals surface area (Å²) in [6.07, 6.45) is -5.49. The molecule has 1 saturated heterocycles. The smallest absolute Gasteiger partial charge is 0.351 e. The molecule has 3 heterocycles. The molecule has 0 radical (unpaired) electrons. The van der Waals surface area contributed by atoms with Gasteiger partial charge in [-0.05, 0) is 60.5 Å². The van der Waals surface area contributed by atoms with Crippen molar-refractivity contribution in [1.82, 2.24) is 9.55 Å². The average molecular weight is 767 g/mol. The van der Waals surface area contributed by atoms with Crippen LogP contribution in [0.3, 0.4) is 0 Å². The SMILES string of the molecule is CC(C)(C)C(=O)OCOP(=O)(CS(=O)(=O)C[C@H]1O[C@@H](n2ccc3c(NC4CC(F)C4)c(C#N)c(Cl)nc32)[C@H](O)[C@@H]1O)OCOC(=O)C(C)(C)C. The second-order valence-corrected chi connectivity index (χ2v) is 19.1. The van der Waals surface area contributed by atoms with Gasteiger partial charge in [0.25, 0.3) is 0 Å². The van der Waals surface area contributed by atoms with Crippen LogP contribution in [0.4, 0.5) is 10.1 Å². The maximum atomic E-state index is 13.6. The van der Waals surface area contributed by atoms with E-state index in [0.717, 1.165) is 0 Å². The number of esters is 2. The molecule has 0 aromatic carbocycles. The fourth-order valence-corrected chi connectivity index (χ4v) is 9.41. The van der Waals surface area contributed by atoms with Gasteiger partial charge in [0.2, 0.25) is 13.6 Å². The molecule has 278 valence electrons. The second kappa shape index (κ2) is 15.0. The topological polar surface area (TPSA) is 226 Å². The number of halogens is 2. The number of aromatic nitrogens is 2. The third-order valence-electron chi connectivity index (χ3n) is 7.85. The van der Waals surface area contributed by atoms with Crippen molar-refractivity contribution in [2.75, 3.05) is 30.1 Å². The van der Waals surface area contributed by atoms with E-state index in [-0.39, 0.29) is 35.2 Å². The highest BCUT2D eigenvalue weighted by Crippen LogP contribution is 2.50. The van der Waals surface area contributed by atoms with Gasteiger partial charge in [-0.25, -0.2) is 17.8 Å². The van der Waals surface area contributed by atoms with Crippen molar-refractivity contribution in [1.29, 1.82) is 5.26 Å². The molecule has 4 atom stereocenters. The van der Waals surface area contributed by atoms with Gasteiger partial charge in [-0.15, -0.1) is 0 Å². The number of anilines is 1. The Balaban J connectivity index is 1.52. The van der Waals surface area contributed by atoms with E-state index in [1.807, 2.05) is 6.07 Å². The van der Waals surface area contributed by atoms with Gasteiger partial charge in [-0.2, -0.15) is 5.26 Å². The molecule has 1 aliphatic carbocycles. The number of rotatable bonds is 13. The summed E-state index contributed by atoms with van der Waals surface area (Å²) in [5.41, 5.74) is -2.80. The third-order valence-corrected chi connectivity index (χ3v) is 12.8. The number of aliphatic hydroxyl groups is 2. The highest BCUT2D eigenvalue weighted by Gasteiger charge is 2.47. The number of hydrogen-bond acceptors (Lipinski definition) is 15. The number of carbonyl (C=O) groups excluding carboxylic acids is 2. The Bertz CT molecular complexity index is 1760. The van der Waals surface area contributed by atoms with E-state index in [1.165, 1.54) is 10.8 Å². The van der Waals surface area contributed by atoms with E-state index in [1.54, 1.807) is 47.6 Å². The summed E-state index contributed by atoms with van der Waals surface area (Å²) in [5.74, 6) is -2.47. The zero-order valence-corrected chi connectivity index (χ0v) is 30.8. The number of ether oxygens (including phenoxy) is 3. The molecule has 2 aromatic rings. The van der Waals surface area contributed by atoms with Gasteiger partial charge in [-0.1, -0.05) is 11.6 Å². The molecule has 16 nitrogen and oxygen atoms in total. The highest BCUT2D eigenvalue weighted by molar-refractivity contribution is 7.97. The number of carbonyl (C=O) groups is 2. The summed E-state index contributed by atoms with van der Waals surface area (Å²) in [4.78, 5) is 28.6. The average Bonchev–Trinajstić information content (AvgIpc) is 3.50. The molecule has 2 aromatic heterocycles. The van der Waals surface area contributed by atoms with Crippen molar-refractivity contribution in [3.8, 4) is 6.07 Å². The lowest BCUT2D eigenvalue weighted by Gasteiger charge is -2.31. The van der Waals surface area contributed by atoms with Gasteiger partial charge in [0, 0.05) is 17.6 Å². The van der Waals surface area contributed by atoms with Gasteiger partial charge in [-0.3, -0.25) is 23.2 Å². The number of fused-ring (bicyclic) bond motifs is 1. The molecule has 50 heavy (non-hydrogen) atoms. The Labute approximate surface area is 293 Å². The predicted molar refractivity (Wildman–Crippen MR) is 176 cm³/mol.